The van der Waals surface area contributed by atoms with E-state index in [1.165, 1.54) is 29.5 Å². The fourth-order valence-electron chi connectivity index (χ4n) is 2.22. The van der Waals surface area contributed by atoms with Crippen molar-refractivity contribution in [3.05, 3.63) is 35.9 Å². The average molecular weight is 232 g/mol. The summed E-state index contributed by atoms with van der Waals surface area (Å²) in [6.07, 6.45) is 4.77. The van der Waals surface area contributed by atoms with E-state index in [1.54, 1.807) is 7.11 Å². The summed E-state index contributed by atoms with van der Waals surface area (Å²) in [6, 6.07) is 6.35. The Hall–Kier alpha value is -1.28. The van der Waals surface area contributed by atoms with Gasteiger partial charge in [-0.2, -0.15) is 0 Å². The fourth-order valence-corrected chi connectivity index (χ4v) is 2.22. The van der Waals surface area contributed by atoms with Crippen molar-refractivity contribution in [3.63, 3.8) is 0 Å². The molecule has 0 N–H and O–H groups in total. The normalized spacial score (nSPS) is 15.2. The number of aryl methyl sites for hydroxylation is 1. The van der Waals surface area contributed by atoms with E-state index in [2.05, 4.69) is 18.7 Å². The van der Waals surface area contributed by atoms with Gasteiger partial charge in [-0.3, -0.25) is 0 Å². The Kier molecular flexibility index (Phi) is 4.21. The van der Waals surface area contributed by atoms with Crippen molar-refractivity contribution < 1.29 is 9.47 Å². The molecule has 0 fully saturated rings. The molecule has 1 aromatic rings. The first-order valence-electron chi connectivity index (χ1n) is 6.24. The molecule has 0 bridgehead atoms. The molecule has 1 aromatic carbocycles. The number of allylic oxidation sites excluding steroid dienone is 1. The topological polar surface area (TPSA) is 18.5 Å². The molecule has 2 nitrogen and oxygen atoms in total. The Morgan fingerprint density at radius 3 is 2.82 bits per heavy atom. The Morgan fingerprint density at radius 1 is 1.18 bits per heavy atom. The zero-order valence-electron chi connectivity index (χ0n) is 10.5. The van der Waals surface area contributed by atoms with Crippen molar-refractivity contribution in [2.45, 2.75) is 25.7 Å². The first kappa shape index (κ1) is 12.2. The van der Waals surface area contributed by atoms with Gasteiger partial charge in [0.25, 0.3) is 0 Å². The lowest BCUT2D eigenvalue weighted by atomic mass is 9.99. The predicted octanol–water partition coefficient (Wildman–Crippen LogP) is 3.45. The summed E-state index contributed by atoms with van der Waals surface area (Å²) in [5, 5.41) is 0. The summed E-state index contributed by atoms with van der Waals surface area (Å²) < 4.78 is 10.6. The van der Waals surface area contributed by atoms with Gasteiger partial charge in [-0.15, -0.1) is 0 Å². The van der Waals surface area contributed by atoms with Crippen LogP contribution in [0.2, 0.25) is 0 Å². The van der Waals surface area contributed by atoms with Crippen molar-refractivity contribution in [1.82, 2.24) is 0 Å². The van der Waals surface area contributed by atoms with Crippen LogP contribution in [0, 0.1) is 0 Å². The minimum Gasteiger partial charge on any atom is -0.491 e. The molecule has 0 spiro atoms. The molecule has 2 rings (SSSR count). The second-order valence-electron chi connectivity index (χ2n) is 4.47. The monoisotopic (exact) mass is 232 g/mol. The minimum absolute atomic E-state index is 0.599. The maximum Gasteiger partial charge on any atom is 0.120 e. The average Bonchev–Trinajstić information content (AvgIpc) is 2.52. The number of ether oxygens (including phenoxy) is 2. The van der Waals surface area contributed by atoms with Crippen LogP contribution in [0.1, 0.15) is 30.4 Å². The Bertz CT molecular complexity index is 396. The van der Waals surface area contributed by atoms with E-state index < -0.39 is 0 Å². The van der Waals surface area contributed by atoms with Crippen molar-refractivity contribution in [3.8, 4) is 5.75 Å². The molecule has 0 saturated heterocycles. The third kappa shape index (κ3) is 3.10. The molecule has 0 aromatic heterocycles. The zero-order valence-corrected chi connectivity index (χ0v) is 10.5. The highest BCUT2D eigenvalue weighted by Gasteiger charge is 2.11. The summed E-state index contributed by atoms with van der Waals surface area (Å²) in [6.45, 7) is 5.39. The van der Waals surface area contributed by atoms with Crippen LogP contribution in [0.25, 0.3) is 5.57 Å². The lowest BCUT2D eigenvalue weighted by Gasteiger charge is -2.11. The Balaban J connectivity index is 2.14. The first-order chi connectivity index (χ1) is 8.31. The van der Waals surface area contributed by atoms with Crippen LogP contribution in [0.4, 0.5) is 0 Å². The maximum absolute atomic E-state index is 5.64. The summed E-state index contributed by atoms with van der Waals surface area (Å²) in [4.78, 5) is 0. The summed E-state index contributed by atoms with van der Waals surface area (Å²) in [5.74, 6) is 0.920. The van der Waals surface area contributed by atoms with Gasteiger partial charge in [-0.25, -0.2) is 0 Å². The van der Waals surface area contributed by atoms with Crippen LogP contribution in [-0.4, -0.2) is 20.3 Å². The highest BCUT2D eigenvalue weighted by molar-refractivity contribution is 5.68. The molecule has 2 heteroatoms. The Morgan fingerprint density at radius 2 is 2.00 bits per heavy atom. The highest BCUT2D eigenvalue weighted by Crippen LogP contribution is 2.31. The van der Waals surface area contributed by atoms with Gasteiger partial charge in [0, 0.05) is 7.11 Å². The van der Waals surface area contributed by atoms with E-state index >= 15 is 0 Å². The van der Waals surface area contributed by atoms with Gasteiger partial charge in [0.2, 0.25) is 0 Å². The summed E-state index contributed by atoms with van der Waals surface area (Å²) >= 11 is 0. The largest absolute Gasteiger partial charge is 0.491 e. The van der Waals surface area contributed by atoms with Gasteiger partial charge in [-0.05, 0) is 54.5 Å². The third-order valence-electron chi connectivity index (χ3n) is 3.19. The molecule has 0 saturated carbocycles. The van der Waals surface area contributed by atoms with Crippen LogP contribution >= 0.6 is 0 Å². The number of methoxy groups -OCH3 is 1. The molecule has 0 heterocycles. The second-order valence-corrected chi connectivity index (χ2v) is 4.47. The SMILES string of the molecule is C=C1CCCCc2ccc(OCCOC)cc21. The van der Waals surface area contributed by atoms with Crippen LogP contribution in [0.15, 0.2) is 24.8 Å². The van der Waals surface area contributed by atoms with E-state index in [4.69, 9.17) is 9.47 Å². The highest BCUT2D eigenvalue weighted by atomic mass is 16.5. The van der Waals surface area contributed by atoms with E-state index in [0.717, 1.165) is 18.6 Å². The van der Waals surface area contributed by atoms with E-state index in [-0.39, 0.29) is 0 Å². The van der Waals surface area contributed by atoms with Gasteiger partial charge in [0.1, 0.15) is 12.4 Å². The molecular weight excluding hydrogens is 212 g/mol. The fraction of sp³-hybridized carbons (Fsp3) is 0.467. The lowest BCUT2D eigenvalue weighted by molar-refractivity contribution is 0.146. The summed E-state index contributed by atoms with van der Waals surface area (Å²) in [7, 11) is 1.68. The molecule has 0 radical (unpaired) electrons. The number of hydrogen-bond donors (Lipinski definition) is 0. The van der Waals surface area contributed by atoms with Crippen molar-refractivity contribution in [2.75, 3.05) is 20.3 Å². The van der Waals surface area contributed by atoms with Crippen molar-refractivity contribution in [2.24, 2.45) is 0 Å². The van der Waals surface area contributed by atoms with Crippen LogP contribution in [0.5, 0.6) is 5.75 Å². The lowest BCUT2D eigenvalue weighted by Crippen LogP contribution is -2.04. The van der Waals surface area contributed by atoms with Gasteiger partial charge < -0.3 is 9.47 Å². The molecule has 0 atom stereocenters. The van der Waals surface area contributed by atoms with Crippen molar-refractivity contribution >= 4 is 5.57 Å². The number of hydrogen-bond acceptors (Lipinski definition) is 2. The molecule has 92 valence electrons. The van der Waals surface area contributed by atoms with E-state index in [1.807, 2.05) is 6.07 Å². The van der Waals surface area contributed by atoms with Gasteiger partial charge >= 0.3 is 0 Å². The van der Waals surface area contributed by atoms with E-state index in [0.29, 0.717) is 13.2 Å². The quantitative estimate of drug-likeness (QED) is 0.584. The zero-order chi connectivity index (χ0) is 12.1. The predicted molar refractivity (Wildman–Crippen MR) is 70.4 cm³/mol. The number of benzene rings is 1. The molecule has 0 unspecified atom stereocenters. The number of rotatable bonds is 4. The van der Waals surface area contributed by atoms with Crippen LogP contribution in [0.3, 0.4) is 0 Å². The molecule has 1 aliphatic rings. The molecule has 0 aliphatic heterocycles. The minimum atomic E-state index is 0.599. The van der Waals surface area contributed by atoms with Crippen LogP contribution in [-0.2, 0) is 11.2 Å². The molecule has 0 amide bonds. The molecule has 1 aliphatic carbocycles. The smallest absolute Gasteiger partial charge is 0.120 e. The van der Waals surface area contributed by atoms with Crippen LogP contribution < -0.4 is 4.74 Å². The van der Waals surface area contributed by atoms with Crippen molar-refractivity contribution in [1.29, 1.82) is 0 Å². The van der Waals surface area contributed by atoms with Gasteiger partial charge in [0.15, 0.2) is 0 Å². The van der Waals surface area contributed by atoms with E-state index in [9.17, 15) is 0 Å². The standard InChI is InChI=1S/C15H20O2/c1-12-5-3-4-6-13-7-8-14(11-15(12)13)17-10-9-16-2/h7-8,11H,1,3-6,9-10H2,2H3. The Labute approximate surface area is 103 Å². The number of fused-ring (bicyclic) bond motifs is 1. The van der Waals surface area contributed by atoms with Gasteiger partial charge in [0.05, 0.1) is 6.61 Å². The first-order valence-corrected chi connectivity index (χ1v) is 6.24. The molecular formula is C15H20O2. The molecule has 17 heavy (non-hydrogen) atoms. The maximum atomic E-state index is 5.64. The summed E-state index contributed by atoms with van der Waals surface area (Å²) in [5.41, 5.74) is 3.94. The van der Waals surface area contributed by atoms with Gasteiger partial charge in [-0.1, -0.05) is 12.6 Å². The second kappa shape index (κ2) is 5.87. The third-order valence-corrected chi connectivity index (χ3v) is 3.19.